The SMILES string of the molecule is COc1ccc(CCc2cc(C)nc(C)n2)cc1N. The molecule has 0 radical (unpaired) electrons. The van der Waals surface area contributed by atoms with E-state index in [0.29, 0.717) is 5.69 Å². The fraction of sp³-hybridized carbons (Fsp3) is 0.333. The summed E-state index contributed by atoms with van der Waals surface area (Å²) in [4.78, 5) is 8.72. The second-order valence-electron chi connectivity index (χ2n) is 4.62. The van der Waals surface area contributed by atoms with E-state index in [1.165, 1.54) is 5.56 Å². The highest BCUT2D eigenvalue weighted by Gasteiger charge is 2.03. The van der Waals surface area contributed by atoms with Crippen molar-refractivity contribution in [1.82, 2.24) is 9.97 Å². The van der Waals surface area contributed by atoms with Gasteiger partial charge in [-0.05, 0) is 50.5 Å². The number of aryl methyl sites for hydroxylation is 4. The fourth-order valence-electron chi connectivity index (χ4n) is 2.13. The summed E-state index contributed by atoms with van der Waals surface area (Å²) in [5.74, 6) is 1.54. The van der Waals surface area contributed by atoms with Crippen molar-refractivity contribution in [2.45, 2.75) is 26.7 Å². The molecule has 0 saturated heterocycles. The predicted octanol–water partition coefficient (Wildman–Crippen LogP) is 2.47. The number of benzene rings is 1. The molecule has 0 spiro atoms. The van der Waals surface area contributed by atoms with Crippen molar-refractivity contribution in [1.29, 1.82) is 0 Å². The van der Waals surface area contributed by atoms with E-state index in [1.807, 2.05) is 38.1 Å². The van der Waals surface area contributed by atoms with Crippen LogP contribution in [-0.2, 0) is 12.8 Å². The van der Waals surface area contributed by atoms with Gasteiger partial charge in [0, 0.05) is 11.4 Å². The molecule has 0 aliphatic rings. The first-order valence-corrected chi connectivity index (χ1v) is 6.32. The van der Waals surface area contributed by atoms with Crippen molar-refractivity contribution in [3.63, 3.8) is 0 Å². The van der Waals surface area contributed by atoms with E-state index in [0.717, 1.165) is 35.8 Å². The van der Waals surface area contributed by atoms with E-state index >= 15 is 0 Å². The van der Waals surface area contributed by atoms with Crippen LogP contribution in [0.4, 0.5) is 5.69 Å². The van der Waals surface area contributed by atoms with E-state index < -0.39 is 0 Å². The second kappa shape index (κ2) is 5.69. The first kappa shape index (κ1) is 13.3. The molecule has 19 heavy (non-hydrogen) atoms. The highest BCUT2D eigenvalue weighted by molar-refractivity contribution is 5.54. The zero-order valence-electron chi connectivity index (χ0n) is 11.6. The van der Waals surface area contributed by atoms with Crippen molar-refractivity contribution < 1.29 is 4.74 Å². The summed E-state index contributed by atoms with van der Waals surface area (Å²) in [6, 6.07) is 7.93. The van der Waals surface area contributed by atoms with Gasteiger partial charge < -0.3 is 10.5 Å². The van der Waals surface area contributed by atoms with Crippen LogP contribution in [0.1, 0.15) is 22.8 Å². The highest BCUT2D eigenvalue weighted by Crippen LogP contribution is 2.22. The molecule has 100 valence electrons. The lowest BCUT2D eigenvalue weighted by molar-refractivity contribution is 0.417. The molecule has 0 aliphatic heterocycles. The molecule has 4 heteroatoms. The van der Waals surface area contributed by atoms with Gasteiger partial charge in [0.05, 0.1) is 12.8 Å². The number of hydrogen-bond acceptors (Lipinski definition) is 4. The largest absolute Gasteiger partial charge is 0.495 e. The maximum Gasteiger partial charge on any atom is 0.141 e. The molecule has 0 amide bonds. The number of anilines is 1. The Morgan fingerprint density at radius 3 is 2.53 bits per heavy atom. The van der Waals surface area contributed by atoms with Gasteiger partial charge in [-0.2, -0.15) is 0 Å². The van der Waals surface area contributed by atoms with Crippen LogP contribution in [0, 0.1) is 13.8 Å². The molecule has 1 aromatic carbocycles. The molecular weight excluding hydrogens is 238 g/mol. The number of ether oxygens (including phenoxy) is 1. The lowest BCUT2D eigenvalue weighted by atomic mass is 10.1. The van der Waals surface area contributed by atoms with Crippen LogP contribution >= 0.6 is 0 Å². The van der Waals surface area contributed by atoms with E-state index in [2.05, 4.69) is 9.97 Å². The molecule has 0 atom stereocenters. The summed E-state index contributed by atoms with van der Waals surface area (Å²) in [7, 11) is 1.62. The summed E-state index contributed by atoms with van der Waals surface area (Å²) < 4.78 is 5.15. The lowest BCUT2D eigenvalue weighted by Crippen LogP contribution is -2.00. The van der Waals surface area contributed by atoms with Gasteiger partial charge in [-0.15, -0.1) is 0 Å². The summed E-state index contributed by atoms with van der Waals surface area (Å²) in [6.45, 7) is 3.91. The van der Waals surface area contributed by atoms with Crippen LogP contribution in [0.2, 0.25) is 0 Å². The Balaban J connectivity index is 2.08. The second-order valence-corrected chi connectivity index (χ2v) is 4.62. The van der Waals surface area contributed by atoms with Crippen LogP contribution in [0.25, 0.3) is 0 Å². The minimum Gasteiger partial charge on any atom is -0.495 e. The zero-order valence-corrected chi connectivity index (χ0v) is 11.6. The third-order valence-electron chi connectivity index (χ3n) is 2.98. The Labute approximate surface area is 113 Å². The lowest BCUT2D eigenvalue weighted by Gasteiger charge is -2.07. The molecule has 0 fully saturated rings. The monoisotopic (exact) mass is 257 g/mol. The normalized spacial score (nSPS) is 10.5. The van der Waals surface area contributed by atoms with E-state index in [1.54, 1.807) is 7.11 Å². The van der Waals surface area contributed by atoms with Crippen LogP contribution in [0.5, 0.6) is 5.75 Å². The van der Waals surface area contributed by atoms with Crippen molar-refractivity contribution in [2.75, 3.05) is 12.8 Å². The molecule has 1 heterocycles. The standard InChI is InChI=1S/C15H19N3O/c1-10-8-13(18-11(2)17-10)6-4-12-5-7-15(19-3)14(16)9-12/h5,7-9H,4,6,16H2,1-3H3. The molecule has 0 bridgehead atoms. The first-order valence-electron chi connectivity index (χ1n) is 6.32. The maximum absolute atomic E-state index is 5.90. The van der Waals surface area contributed by atoms with Crippen LogP contribution in [-0.4, -0.2) is 17.1 Å². The van der Waals surface area contributed by atoms with Crippen LogP contribution in [0.15, 0.2) is 24.3 Å². The Kier molecular flexibility index (Phi) is 4.00. The zero-order chi connectivity index (χ0) is 13.8. The Hall–Kier alpha value is -2.10. The van der Waals surface area contributed by atoms with Gasteiger partial charge in [0.15, 0.2) is 0 Å². The van der Waals surface area contributed by atoms with Crippen molar-refractivity contribution >= 4 is 5.69 Å². The number of rotatable bonds is 4. The highest BCUT2D eigenvalue weighted by atomic mass is 16.5. The molecule has 0 saturated carbocycles. The van der Waals surface area contributed by atoms with Gasteiger partial charge in [-0.3, -0.25) is 0 Å². The number of aromatic nitrogens is 2. The third-order valence-corrected chi connectivity index (χ3v) is 2.98. The summed E-state index contributed by atoms with van der Waals surface area (Å²) in [6.07, 6.45) is 1.79. The fourth-order valence-corrected chi connectivity index (χ4v) is 2.13. The average Bonchev–Trinajstić information content (AvgIpc) is 2.35. The van der Waals surface area contributed by atoms with Gasteiger partial charge in [-0.1, -0.05) is 6.07 Å². The maximum atomic E-state index is 5.90. The number of nitrogen functional groups attached to an aromatic ring is 1. The minimum atomic E-state index is 0.676. The smallest absolute Gasteiger partial charge is 0.141 e. The quantitative estimate of drug-likeness (QED) is 0.855. The molecule has 4 nitrogen and oxygen atoms in total. The van der Waals surface area contributed by atoms with Crippen LogP contribution < -0.4 is 10.5 Å². The third kappa shape index (κ3) is 3.44. The van der Waals surface area contributed by atoms with Gasteiger partial charge >= 0.3 is 0 Å². The van der Waals surface area contributed by atoms with E-state index in [9.17, 15) is 0 Å². The van der Waals surface area contributed by atoms with Crippen molar-refractivity contribution in [3.05, 3.63) is 47.0 Å². The predicted molar refractivity (Wildman–Crippen MR) is 76.3 cm³/mol. The number of hydrogen-bond donors (Lipinski definition) is 1. The number of methoxy groups -OCH3 is 1. The number of nitrogens with two attached hydrogens (primary N) is 1. The van der Waals surface area contributed by atoms with E-state index in [-0.39, 0.29) is 0 Å². The molecule has 0 aliphatic carbocycles. The van der Waals surface area contributed by atoms with Crippen LogP contribution in [0.3, 0.4) is 0 Å². The Morgan fingerprint density at radius 2 is 1.89 bits per heavy atom. The Bertz CT molecular complexity index is 561. The van der Waals surface area contributed by atoms with Gasteiger partial charge in [0.1, 0.15) is 11.6 Å². The summed E-state index contributed by atoms with van der Waals surface area (Å²) >= 11 is 0. The molecule has 1 aromatic heterocycles. The molecule has 2 rings (SSSR count). The molecular formula is C15H19N3O. The molecule has 2 N–H and O–H groups in total. The minimum absolute atomic E-state index is 0.676. The van der Waals surface area contributed by atoms with Gasteiger partial charge in [0.2, 0.25) is 0 Å². The number of nitrogens with zero attached hydrogens (tertiary/aromatic N) is 2. The first-order chi connectivity index (χ1) is 9.08. The van der Waals surface area contributed by atoms with Gasteiger partial charge in [-0.25, -0.2) is 9.97 Å². The summed E-state index contributed by atoms with van der Waals surface area (Å²) in [5.41, 5.74) is 9.84. The van der Waals surface area contributed by atoms with Gasteiger partial charge in [0.25, 0.3) is 0 Å². The molecule has 0 unspecified atom stereocenters. The average molecular weight is 257 g/mol. The summed E-state index contributed by atoms with van der Waals surface area (Å²) in [5, 5.41) is 0. The topological polar surface area (TPSA) is 61.0 Å². The van der Waals surface area contributed by atoms with Crippen molar-refractivity contribution in [2.24, 2.45) is 0 Å². The van der Waals surface area contributed by atoms with Crippen molar-refractivity contribution in [3.8, 4) is 5.75 Å². The Morgan fingerprint density at radius 1 is 1.11 bits per heavy atom. The molecule has 2 aromatic rings. The van der Waals surface area contributed by atoms with E-state index in [4.69, 9.17) is 10.5 Å².